The summed E-state index contributed by atoms with van der Waals surface area (Å²) in [6, 6.07) is 16.4. The van der Waals surface area contributed by atoms with Crippen molar-refractivity contribution in [3.63, 3.8) is 0 Å². The Bertz CT molecular complexity index is 595. The van der Waals surface area contributed by atoms with Crippen molar-refractivity contribution in [1.82, 2.24) is 0 Å². The molecule has 0 atom stereocenters. The summed E-state index contributed by atoms with van der Waals surface area (Å²) < 4.78 is 12.0. The number of rotatable bonds is 11. The van der Waals surface area contributed by atoms with Gasteiger partial charge >= 0.3 is 0 Å². The molecule has 4 nitrogen and oxygen atoms in total. The monoisotopic (exact) mass is 372 g/mol. The van der Waals surface area contributed by atoms with Gasteiger partial charge in [0.2, 0.25) is 0 Å². The van der Waals surface area contributed by atoms with Crippen LogP contribution in [0.2, 0.25) is 0 Å². The van der Waals surface area contributed by atoms with Gasteiger partial charge in [-0.2, -0.15) is 0 Å². The molecule has 2 aromatic rings. The molecule has 0 saturated heterocycles. The molecule has 0 heterocycles. The molecule has 27 heavy (non-hydrogen) atoms. The fourth-order valence-electron chi connectivity index (χ4n) is 3.11. The number of anilines is 2. The zero-order valence-electron chi connectivity index (χ0n) is 16.6. The highest BCUT2D eigenvalue weighted by Crippen LogP contribution is 2.29. The first-order chi connectivity index (χ1) is 12.7. The Labute approximate surface area is 165 Å². The maximum Gasteiger partial charge on any atom is 0.142 e. The van der Waals surface area contributed by atoms with Crippen LogP contribution in [0, 0.1) is 0 Å². The zero-order valence-corrected chi connectivity index (χ0v) is 16.6. The summed E-state index contributed by atoms with van der Waals surface area (Å²) in [7, 11) is 0. The van der Waals surface area contributed by atoms with Crippen LogP contribution in [0.1, 0.15) is 35.1 Å². The Balaban J connectivity index is 0.00000364. The first-order valence-corrected chi connectivity index (χ1v) is 9.68. The van der Waals surface area contributed by atoms with Crippen molar-refractivity contribution in [1.29, 1.82) is 0 Å². The molecule has 0 N–H and O–H groups in total. The van der Waals surface area contributed by atoms with Crippen LogP contribution in [-0.4, -0.2) is 39.4 Å². The third kappa shape index (κ3) is 6.09. The Morgan fingerprint density at radius 2 is 0.926 bits per heavy atom. The molecule has 0 saturated carbocycles. The van der Waals surface area contributed by atoms with Crippen LogP contribution in [0.3, 0.4) is 0 Å². The van der Waals surface area contributed by atoms with E-state index < -0.39 is 0 Å². The number of hydrogen-bond acceptors (Lipinski definition) is 4. The van der Waals surface area contributed by atoms with Crippen molar-refractivity contribution in [2.75, 3.05) is 49.2 Å². The number of hydrogen-bond donors (Lipinski definition) is 0. The molecule has 0 bridgehead atoms. The van der Waals surface area contributed by atoms with Gasteiger partial charge in [-0.1, -0.05) is 31.7 Å². The fraction of sp³-hybridized carbons (Fsp3) is 0.478. The summed E-state index contributed by atoms with van der Waals surface area (Å²) in [6.45, 7) is 13.5. The van der Waals surface area contributed by atoms with Gasteiger partial charge in [-0.3, -0.25) is 0 Å². The van der Waals surface area contributed by atoms with Gasteiger partial charge in [-0.15, -0.1) is 0 Å². The van der Waals surface area contributed by atoms with Gasteiger partial charge in [0.05, 0.1) is 11.4 Å². The van der Waals surface area contributed by atoms with Gasteiger partial charge in [0.1, 0.15) is 24.7 Å². The molecule has 0 spiro atoms. The smallest absolute Gasteiger partial charge is 0.142 e. The molecule has 0 aliphatic rings. The second-order valence-corrected chi connectivity index (χ2v) is 5.98. The summed E-state index contributed by atoms with van der Waals surface area (Å²) in [5.74, 6) is 1.83. The zero-order chi connectivity index (χ0) is 18.8. The Morgan fingerprint density at radius 1 is 0.593 bits per heavy atom. The van der Waals surface area contributed by atoms with Gasteiger partial charge in [0.25, 0.3) is 0 Å². The average molecular weight is 373 g/mol. The van der Waals surface area contributed by atoms with E-state index >= 15 is 0 Å². The quantitative estimate of drug-likeness (QED) is 0.488. The van der Waals surface area contributed by atoms with Gasteiger partial charge in [-0.25, -0.2) is 0 Å². The lowest BCUT2D eigenvalue weighted by atomic mass is 10.2. The van der Waals surface area contributed by atoms with Gasteiger partial charge < -0.3 is 19.3 Å². The Hall–Kier alpha value is -2.36. The van der Waals surface area contributed by atoms with Crippen LogP contribution in [0.25, 0.3) is 0 Å². The Morgan fingerprint density at radius 3 is 1.26 bits per heavy atom. The van der Waals surface area contributed by atoms with Crippen LogP contribution in [0.4, 0.5) is 11.4 Å². The fourth-order valence-corrected chi connectivity index (χ4v) is 3.11. The van der Waals surface area contributed by atoms with E-state index in [0.29, 0.717) is 13.2 Å². The van der Waals surface area contributed by atoms with Crippen LogP contribution in [0.15, 0.2) is 48.5 Å². The third-order valence-corrected chi connectivity index (χ3v) is 4.54. The third-order valence-electron chi connectivity index (χ3n) is 4.54. The van der Waals surface area contributed by atoms with Gasteiger partial charge in [-0.05, 0) is 52.0 Å². The van der Waals surface area contributed by atoms with Crippen molar-refractivity contribution in [2.45, 2.75) is 35.1 Å². The predicted molar refractivity (Wildman–Crippen MR) is 118 cm³/mol. The largest absolute Gasteiger partial charge is 0.488 e. The average Bonchev–Trinajstić information content (AvgIpc) is 2.69. The van der Waals surface area contributed by atoms with E-state index in [4.69, 9.17) is 9.47 Å². The normalized spacial score (nSPS) is 10.1. The van der Waals surface area contributed by atoms with E-state index in [9.17, 15) is 0 Å². The van der Waals surface area contributed by atoms with E-state index in [2.05, 4.69) is 61.8 Å². The van der Waals surface area contributed by atoms with Crippen molar-refractivity contribution in [3.8, 4) is 11.5 Å². The molecule has 2 rings (SSSR count). The van der Waals surface area contributed by atoms with Crippen molar-refractivity contribution in [2.24, 2.45) is 0 Å². The summed E-state index contributed by atoms with van der Waals surface area (Å²) in [5, 5.41) is 0. The molecular weight excluding hydrogens is 336 g/mol. The molecule has 0 radical (unpaired) electrons. The SMILES string of the molecule is C.CCN(CC)c1ccccc1OCCOc1ccccc1N(CC)CC. The molecular formula is C23H36N2O2. The predicted octanol–water partition coefficient (Wildman–Crippen LogP) is 5.47. The summed E-state index contributed by atoms with van der Waals surface area (Å²) >= 11 is 0. The molecule has 4 heteroatoms. The number of nitrogens with zero attached hydrogens (tertiary/aromatic N) is 2. The minimum Gasteiger partial charge on any atom is -0.488 e. The van der Waals surface area contributed by atoms with Crippen molar-refractivity contribution in [3.05, 3.63) is 48.5 Å². The van der Waals surface area contributed by atoms with Crippen LogP contribution < -0.4 is 19.3 Å². The van der Waals surface area contributed by atoms with E-state index in [0.717, 1.165) is 49.1 Å². The van der Waals surface area contributed by atoms with E-state index in [1.807, 2.05) is 24.3 Å². The molecule has 0 aliphatic carbocycles. The highest BCUT2D eigenvalue weighted by Gasteiger charge is 2.10. The van der Waals surface area contributed by atoms with E-state index in [-0.39, 0.29) is 7.43 Å². The molecule has 150 valence electrons. The molecule has 0 fully saturated rings. The minimum absolute atomic E-state index is 0. The molecule has 0 aromatic heterocycles. The maximum atomic E-state index is 6.02. The van der Waals surface area contributed by atoms with Crippen molar-refractivity contribution >= 4 is 11.4 Å². The van der Waals surface area contributed by atoms with Crippen LogP contribution in [-0.2, 0) is 0 Å². The first kappa shape index (κ1) is 22.7. The van der Waals surface area contributed by atoms with Crippen LogP contribution >= 0.6 is 0 Å². The molecule has 2 aromatic carbocycles. The second kappa shape index (κ2) is 12.1. The van der Waals surface area contributed by atoms with Gasteiger partial charge in [0, 0.05) is 26.2 Å². The second-order valence-electron chi connectivity index (χ2n) is 5.98. The number of benzene rings is 2. The van der Waals surface area contributed by atoms with Gasteiger partial charge in [0.15, 0.2) is 0 Å². The van der Waals surface area contributed by atoms with Crippen molar-refractivity contribution < 1.29 is 9.47 Å². The number of ether oxygens (including phenoxy) is 2. The summed E-state index contributed by atoms with van der Waals surface area (Å²) in [5.41, 5.74) is 2.28. The lowest BCUT2D eigenvalue weighted by Crippen LogP contribution is -2.23. The van der Waals surface area contributed by atoms with E-state index in [1.165, 1.54) is 0 Å². The standard InChI is InChI=1S/C22H32N2O2.CH4/c1-5-23(6-2)19-13-9-11-15-21(19)25-17-18-26-22-16-12-10-14-20(22)24(7-3)8-4;/h9-16H,5-8,17-18H2,1-4H3;1H4. The molecule has 0 aliphatic heterocycles. The van der Waals surface area contributed by atoms with Crippen LogP contribution in [0.5, 0.6) is 11.5 Å². The minimum atomic E-state index is 0. The first-order valence-electron chi connectivity index (χ1n) is 9.68. The number of para-hydroxylation sites is 4. The topological polar surface area (TPSA) is 24.9 Å². The maximum absolute atomic E-state index is 6.02. The summed E-state index contributed by atoms with van der Waals surface area (Å²) in [4.78, 5) is 4.59. The molecule has 0 amide bonds. The summed E-state index contributed by atoms with van der Waals surface area (Å²) in [6.07, 6.45) is 0. The highest BCUT2D eigenvalue weighted by atomic mass is 16.5. The molecule has 0 unspecified atom stereocenters. The highest BCUT2D eigenvalue weighted by molar-refractivity contribution is 5.59. The lowest BCUT2D eigenvalue weighted by Gasteiger charge is -2.25. The van der Waals surface area contributed by atoms with E-state index in [1.54, 1.807) is 0 Å². The Kier molecular flexibility index (Phi) is 10.2. The lowest BCUT2D eigenvalue weighted by molar-refractivity contribution is 0.217.